The first-order valence-electron chi connectivity index (χ1n) is 9.74. The molecule has 0 aliphatic heterocycles. The molecule has 8 heteroatoms. The number of aromatic nitrogens is 1. The Bertz CT molecular complexity index is 1110. The predicted molar refractivity (Wildman–Crippen MR) is 123 cm³/mol. The van der Waals surface area contributed by atoms with E-state index in [4.69, 9.17) is 11.6 Å². The van der Waals surface area contributed by atoms with Gasteiger partial charge in [-0.2, -0.15) is 0 Å². The fourth-order valence-electron chi connectivity index (χ4n) is 3.53. The molecule has 0 spiro atoms. The number of thiazole rings is 1. The maximum atomic E-state index is 12.7. The normalized spacial score (nSPS) is 17.9. The fraction of sp³-hybridized carbons (Fsp3) is 0.318. The molecule has 0 bridgehead atoms. The number of carbonyl (C=O) groups is 2. The molecule has 2 atom stereocenters. The van der Waals surface area contributed by atoms with Crippen molar-refractivity contribution in [3.8, 4) is 0 Å². The Labute approximate surface area is 184 Å². The number of carbonyl (C=O) groups excluding carboxylic acids is 2. The van der Waals surface area contributed by atoms with E-state index in [0.29, 0.717) is 27.3 Å². The summed E-state index contributed by atoms with van der Waals surface area (Å²) in [7, 11) is 4.03. The van der Waals surface area contributed by atoms with Crippen LogP contribution in [0.15, 0.2) is 36.4 Å². The van der Waals surface area contributed by atoms with Crippen molar-refractivity contribution in [2.24, 2.45) is 11.8 Å². The van der Waals surface area contributed by atoms with Gasteiger partial charge in [-0.1, -0.05) is 35.1 Å². The van der Waals surface area contributed by atoms with E-state index < -0.39 is 0 Å². The monoisotopic (exact) mass is 442 g/mol. The molecule has 1 heterocycles. The number of fused-ring (bicyclic) bond motifs is 1. The highest BCUT2D eigenvalue weighted by atomic mass is 35.5. The van der Waals surface area contributed by atoms with Crippen LogP contribution < -0.4 is 10.6 Å². The van der Waals surface area contributed by atoms with Gasteiger partial charge in [0.15, 0.2) is 5.13 Å². The van der Waals surface area contributed by atoms with Crippen LogP contribution in [0.3, 0.4) is 0 Å². The van der Waals surface area contributed by atoms with Crippen molar-refractivity contribution < 1.29 is 9.59 Å². The minimum Gasteiger partial charge on any atom is -0.320 e. The number of anilines is 2. The molecule has 30 heavy (non-hydrogen) atoms. The maximum absolute atomic E-state index is 12.7. The van der Waals surface area contributed by atoms with Gasteiger partial charge in [-0.15, -0.1) is 0 Å². The zero-order valence-electron chi connectivity index (χ0n) is 17.0. The van der Waals surface area contributed by atoms with E-state index >= 15 is 0 Å². The number of aryl methyl sites for hydroxylation is 1. The van der Waals surface area contributed by atoms with Gasteiger partial charge in [0.25, 0.3) is 5.91 Å². The number of nitrogens with one attached hydrogen (secondary N) is 2. The summed E-state index contributed by atoms with van der Waals surface area (Å²) in [5, 5.41) is 6.87. The van der Waals surface area contributed by atoms with Crippen LogP contribution in [0.4, 0.5) is 10.8 Å². The van der Waals surface area contributed by atoms with E-state index in [1.165, 1.54) is 11.3 Å². The zero-order valence-corrected chi connectivity index (χ0v) is 18.6. The van der Waals surface area contributed by atoms with Crippen LogP contribution in [0.25, 0.3) is 10.2 Å². The van der Waals surface area contributed by atoms with Gasteiger partial charge in [0, 0.05) is 18.0 Å². The summed E-state index contributed by atoms with van der Waals surface area (Å²) in [5.41, 5.74) is 2.77. The number of amides is 2. The van der Waals surface area contributed by atoms with Gasteiger partial charge in [-0.05, 0) is 63.2 Å². The van der Waals surface area contributed by atoms with E-state index in [9.17, 15) is 9.59 Å². The Hall–Kier alpha value is -2.48. The summed E-state index contributed by atoms with van der Waals surface area (Å²) >= 11 is 7.58. The van der Waals surface area contributed by atoms with Crippen LogP contribution in [0.1, 0.15) is 22.3 Å². The van der Waals surface area contributed by atoms with Crippen molar-refractivity contribution in [2.75, 3.05) is 31.3 Å². The Morgan fingerprint density at radius 2 is 2.03 bits per heavy atom. The van der Waals surface area contributed by atoms with Gasteiger partial charge < -0.3 is 15.5 Å². The molecule has 2 aromatic carbocycles. The number of benzene rings is 2. The summed E-state index contributed by atoms with van der Waals surface area (Å²) in [5.74, 6) is 0.252. The minimum absolute atomic E-state index is 0.0214. The average molecular weight is 443 g/mol. The van der Waals surface area contributed by atoms with E-state index in [0.717, 1.165) is 28.7 Å². The Balaban J connectivity index is 1.46. The van der Waals surface area contributed by atoms with Crippen molar-refractivity contribution in [3.63, 3.8) is 0 Å². The molecule has 3 aromatic rings. The second-order valence-corrected chi connectivity index (χ2v) is 9.38. The standard InChI is InChI=1S/C22H23ClN4O2S/c1-12-5-4-6-16(23)19(12)25-20(28)13-7-8-17-18(10-13)30-22(24-17)26-21(29)15-9-14(15)11-27(2)3/h4-8,10,14-15H,9,11H2,1-3H3,(H,25,28)(H,24,26,29)/t14-,15+/m0/s1. The van der Waals surface area contributed by atoms with Crippen LogP contribution in [-0.2, 0) is 4.79 Å². The highest BCUT2D eigenvalue weighted by Gasteiger charge is 2.43. The Kier molecular flexibility index (Phi) is 5.77. The number of nitrogens with zero attached hydrogens (tertiary/aromatic N) is 2. The van der Waals surface area contributed by atoms with Crippen LogP contribution in [0.5, 0.6) is 0 Å². The lowest BCUT2D eigenvalue weighted by molar-refractivity contribution is -0.117. The molecule has 1 aliphatic rings. The lowest BCUT2D eigenvalue weighted by Crippen LogP contribution is -2.20. The quantitative estimate of drug-likeness (QED) is 0.582. The minimum atomic E-state index is -0.239. The fourth-order valence-corrected chi connectivity index (χ4v) is 4.71. The lowest BCUT2D eigenvalue weighted by atomic mass is 10.1. The molecule has 6 nitrogen and oxygen atoms in total. The SMILES string of the molecule is Cc1cccc(Cl)c1NC(=O)c1ccc2nc(NC(=O)[C@@H]3C[C@H]3CN(C)C)sc2c1. The highest BCUT2D eigenvalue weighted by Crippen LogP contribution is 2.40. The first kappa shape index (κ1) is 20.8. The van der Waals surface area contributed by atoms with Gasteiger partial charge in [0.05, 0.1) is 20.9 Å². The van der Waals surface area contributed by atoms with E-state index in [1.54, 1.807) is 24.3 Å². The van der Waals surface area contributed by atoms with Gasteiger partial charge in [-0.25, -0.2) is 4.98 Å². The van der Waals surface area contributed by atoms with Crippen molar-refractivity contribution >= 4 is 55.8 Å². The van der Waals surface area contributed by atoms with E-state index in [2.05, 4.69) is 20.5 Å². The van der Waals surface area contributed by atoms with Gasteiger partial charge in [-0.3, -0.25) is 9.59 Å². The number of hydrogen-bond donors (Lipinski definition) is 2. The molecule has 1 fully saturated rings. The third-order valence-electron chi connectivity index (χ3n) is 5.20. The molecule has 0 radical (unpaired) electrons. The molecular weight excluding hydrogens is 420 g/mol. The van der Waals surface area contributed by atoms with E-state index in [-0.39, 0.29) is 17.7 Å². The van der Waals surface area contributed by atoms with Gasteiger partial charge in [0.2, 0.25) is 5.91 Å². The number of rotatable bonds is 6. The summed E-state index contributed by atoms with van der Waals surface area (Å²) in [6, 6.07) is 10.8. The van der Waals surface area contributed by atoms with Crippen molar-refractivity contribution in [1.82, 2.24) is 9.88 Å². The first-order chi connectivity index (χ1) is 14.3. The molecule has 156 valence electrons. The summed E-state index contributed by atoms with van der Waals surface area (Å²) in [6.07, 6.45) is 0.917. The first-order valence-corrected chi connectivity index (χ1v) is 10.9. The smallest absolute Gasteiger partial charge is 0.255 e. The topological polar surface area (TPSA) is 74.3 Å². The molecular formula is C22H23ClN4O2S. The van der Waals surface area contributed by atoms with Crippen LogP contribution >= 0.6 is 22.9 Å². The summed E-state index contributed by atoms with van der Waals surface area (Å²) < 4.78 is 0.842. The number of hydrogen-bond acceptors (Lipinski definition) is 5. The predicted octanol–water partition coefficient (Wildman–Crippen LogP) is 4.65. The molecule has 1 aromatic heterocycles. The van der Waals surface area contributed by atoms with E-state index in [1.807, 2.05) is 33.2 Å². The van der Waals surface area contributed by atoms with Crippen molar-refractivity contribution in [3.05, 3.63) is 52.5 Å². The Morgan fingerprint density at radius 1 is 1.23 bits per heavy atom. The second kappa shape index (κ2) is 8.34. The van der Waals surface area contributed by atoms with Gasteiger partial charge in [0.1, 0.15) is 0 Å². The Morgan fingerprint density at radius 3 is 2.77 bits per heavy atom. The van der Waals surface area contributed by atoms with Crippen molar-refractivity contribution in [2.45, 2.75) is 13.3 Å². The number of para-hydroxylation sites is 1. The molecule has 1 aliphatic carbocycles. The molecule has 1 saturated carbocycles. The third kappa shape index (κ3) is 4.48. The van der Waals surface area contributed by atoms with Crippen LogP contribution in [0.2, 0.25) is 5.02 Å². The average Bonchev–Trinajstić information content (AvgIpc) is 3.32. The molecule has 0 unspecified atom stereocenters. The van der Waals surface area contributed by atoms with Crippen molar-refractivity contribution in [1.29, 1.82) is 0 Å². The molecule has 0 saturated heterocycles. The third-order valence-corrected chi connectivity index (χ3v) is 6.45. The maximum Gasteiger partial charge on any atom is 0.255 e. The molecule has 2 amide bonds. The lowest BCUT2D eigenvalue weighted by Gasteiger charge is -2.10. The van der Waals surface area contributed by atoms with Crippen LogP contribution in [0, 0.1) is 18.8 Å². The summed E-state index contributed by atoms with van der Waals surface area (Å²) in [4.78, 5) is 31.7. The second-order valence-electron chi connectivity index (χ2n) is 7.94. The number of halogens is 1. The largest absolute Gasteiger partial charge is 0.320 e. The zero-order chi connectivity index (χ0) is 21.4. The summed E-state index contributed by atoms with van der Waals surface area (Å²) in [6.45, 7) is 2.81. The van der Waals surface area contributed by atoms with Gasteiger partial charge >= 0.3 is 0 Å². The highest BCUT2D eigenvalue weighted by molar-refractivity contribution is 7.22. The molecule has 2 N–H and O–H groups in total. The molecule has 4 rings (SSSR count). The van der Waals surface area contributed by atoms with Crippen LogP contribution in [-0.4, -0.2) is 42.3 Å².